The van der Waals surface area contributed by atoms with Crippen LogP contribution in [0.4, 0.5) is 0 Å². The number of carboxylic acids is 1. The first-order valence-corrected chi connectivity index (χ1v) is 20.6. The van der Waals surface area contributed by atoms with Crippen LogP contribution in [0.1, 0.15) is 135 Å². The van der Waals surface area contributed by atoms with Crippen molar-refractivity contribution in [1.82, 2.24) is 16.0 Å². The van der Waals surface area contributed by atoms with Crippen LogP contribution in [-0.4, -0.2) is 106 Å². The Morgan fingerprint density at radius 1 is 0.685 bits per heavy atom. The highest BCUT2D eigenvalue weighted by molar-refractivity contribution is 6.02. The average Bonchev–Trinajstić information content (AvgIpc) is 3.13. The zero-order chi connectivity index (χ0) is 38.9. The number of carbonyl (C=O) groups excluding carboxylic acids is 4. The van der Waals surface area contributed by atoms with Crippen LogP contribution in [0, 0.1) is 5.92 Å². The third kappa shape index (κ3) is 24.9. The number of Topliss-reactive ketones (excluding diaryl/α,β-unsaturated/α-hetero) is 1. The second-order valence-corrected chi connectivity index (χ2v) is 14.1. The number of aliphatic carboxylic acids is 1. The van der Waals surface area contributed by atoms with Crippen LogP contribution >= 0.6 is 0 Å². The Kier molecular flexibility index (Phi) is 27.7. The van der Waals surface area contributed by atoms with E-state index in [0.29, 0.717) is 77.8 Å². The number of aliphatic imine (C=N–C) groups is 1. The van der Waals surface area contributed by atoms with Gasteiger partial charge in [-0.3, -0.25) is 19.2 Å². The van der Waals surface area contributed by atoms with Crippen LogP contribution < -0.4 is 16.0 Å². The summed E-state index contributed by atoms with van der Waals surface area (Å²) in [7, 11) is 0. The fraction of sp³-hybridized carbons (Fsp3) is 0.800. The van der Waals surface area contributed by atoms with Gasteiger partial charge < -0.3 is 40.0 Å². The summed E-state index contributed by atoms with van der Waals surface area (Å²) in [6, 6.07) is -1.32. The van der Waals surface area contributed by atoms with Crippen LogP contribution in [0.25, 0.3) is 0 Å². The number of hydrogen-bond donors (Lipinski definition) is 4. The molecule has 2 aliphatic rings. The van der Waals surface area contributed by atoms with E-state index in [1.54, 1.807) is 12.3 Å². The molecule has 0 radical (unpaired) electrons. The van der Waals surface area contributed by atoms with Gasteiger partial charge in [-0.2, -0.15) is 0 Å². The molecule has 4 N–H and O–H groups in total. The van der Waals surface area contributed by atoms with Crippen molar-refractivity contribution in [3.8, 4) is 0 Å². The second kappa shape index (κ2) is 31.9. The summed E-state index contributed by atoms with van der Waals surface area (Å²) in [5, 5.41) is 18.0. The summed E-state index contributed by atoms with van der Waals surface area (Å²) in [4.78, 5) is 66.8. The number of amides is 3. The topological polar surface area (TPSA) is 191 Å². The lowest BCUT2D eigenvalue weighted by molar-refractivity contribution is -0.143. The molecule has 1 fully saturated rings. The molecule has 308 valence electrons. The summed E-state index contributed by atoms with van der Waals surface area (Å²) in [5.74, 6) is -3.33. The van der Waals surface area contributed by atoms with E-state index in [-0.39, 0.29) is 50.0 Å². The summed E-state index contributed by atoms with van der Waals surface area (Å²) in [6.45, 7) is 3.11. The van der Waals surface area contributed by atoms with Gasteiger partial charge in [0.05, 0.1) is 32.3 Å². The van der Waals surface area contributed by atoms with Crippen molar-refractivity contribution in [2.24, 2.45) is 10.9 Å². The summed E-state index contributed by atoms with van der Waals surface area (Å²) >= 11 is 0. The van der Waals surface area contributed by atoms with Gasteiger partial charge in [-0.05, 0) is 32.1 Å². The highest BCUT2D eigenvalue weighted by Crippen LogP contribution is 2.18. The minimum absolute atomic E-state index is 0.0625. The molecular weight excluding hydrogens is 696 g/mol. The van der Waals surface area contributed by atoms with Crippen molar-refractivity contribution in [1.29, 1.82) is 0 Å². The van der Waals surface area contributed by atoms with Gasteiger partial charge in [0.15, 0.2) is 6.61 Å². The minimum Gasteiger partial charge on any atom is -0.480 e. The van der Waals surface area contributed by atoms with Crippen molar-refractivity contribution >= 4 is 35.4 Å². The lowest BCUT2D eigenvalue weighted by Gasteiger charge is -2.21. The molecule has 0 spiro atoms. The van der Waals surface area contributed by atoms with Crippen LogP contribution in [0.3, 0.4) is 0 Å². The summed E-state index contributed by atoms with van der Waals surface area (Å²) < 4.78 is 21.7. The van der Waals surface area contributed by atoms with E-state index >= 15 is 0 Å². The molecule has 14 nitrogen and oxygen atoms in total. The third-order valence-corrected chi connectivity index (χ3v) is 9.45. The Bertz CT molecular complexity index is 1130. The molecular formula is C40H68N4O10. The number of rotatable bonds is 18. The average molecular weight is 765 g/mol. The van der Waals surface area contributed by atoms with Crippen molar-refractivity contribution in [3.05, 3.63) is 12.3 Å². The largest absolute Gasteiger partial charge is 0.480 e. The van der Waals surface area contributed by atoms with E-state index < -0.39 is 23.8 Å². The Labute approximate surface area is 322 Å². The Balaban J connectivity index is 1.64. The maximum atomic E-state index is 13.3. The number of nitrogens with one attached hydrogen (secondary N) is 3. The van der Waals surface area contributed by atoms with Gasteiger partial charge in [0.1, 0.15) is 11.8 Å². The standard InChI is InChI=1S/C40H68N4O10/c45-35-19-15-13-11-9-7-5-3-1-2-4-6-8-10-12-14-16-20-36(46)44-34(40(49)50)31-33(35)39(48)43-23-18-26-52-28-30-53-29-27-51-25-17-22-41-37(47)32-54-38-21-24-42-38/h21,24,33-34H,1-20,22-23,25-32H2,(H,41,47)(H,43,48)(H,44,46)(H,49,50)/t33?,34-/m0/s1. The fourth-order valence-corrected chi connectivity index (χ4v) is 6.21. The monoisotopic (exact) mass is 764 g/mol. The van der Waals surface area contributed by atoms with Gasteiger partial charge in [0.2, 0.25) is 17.7 Å². The number of ketones is 1. The summed E-state index contributed by atoms with van der Waals surface area (Å²) in [5.41, 5.74) is 0. The quantitative estimate of drug-likeness (QED) is 0.107. The predicted molar refractivity (Wildman–Crippen MR) is 206 cm³/mol. The molecule has 0 saturated carbocycles. The molecule has 0 aliphatic carbocycles. The van der Waals surface area contributed by atoms with Crippen molar-refractivity contribution in [3.63, 3.8) is 0 Å². The molecule has 2 aliphatic heterocycles. The lowest BCUT2D eigenvalue weighted by Crippen LogP contribution is -2.46. The zero-order valence-electron chi connectivity index (χ0n) is 32.6. The van der Waals surface area contributed by atoms with E-state index in [1.165, 1.54) is 51.4 Å². The van der Waals surface area contributed by atoms with Gasteiger partial charge >= 0.3 is 5.97 Å². The molecule has 54 heavy (non-hydrogen) atoms. The number of ether oxygens (including phenoxy) is 4. The molecule has 2 atom stereocenters. The van der Waals surface area contributed by atoms with E-state index in [4.69, 9.17) is 18.9 Å². The maximum Gasteiger partial charge on any atom is 0.326 e. The van der Waals surface area contributed by atoms with Crippen molar-refractivity contribution in [2.75, 3.05) is 59.3 Å². The van der Waals surface area contributed by atoms with Gasteiger partial charge in [-0.15, -0.1) is 0 Å². The number of carbonyl (C=O) groups is 5. The van der Waals surface area contributed by atoms with Gasteiger partial charge in [0.25, 0.3) is 5.91 Å². The van der Waals surface area contributed by atoms with Crippen LogP contribution in [0.2, 0.25) is 0 Å². The van der Waals surface area contributed by atoms with Crippen LogP contribution in [0.15, 0.2) is 17.3 Å². The molecule has 14 heteroatoms. The first kappa shape index (κ1) is 46.8. The van der Waals surface area contributed by atoms with Crippen LogP contribution in [-0.2, 0) is 42.9 Å². The van der Waals surface area contributed by atoms with Crippen molar-refractivity contribution in [2.45, 2.75) is 141 Å². The number of carboxylic acid groups (broad SMARTS) is 1. The number of nitrogens with zero attached hydrogens (tertiary/aromatic N) is 1. The Morgan fingerprint density at radius 3 is 1.63 bits per heavy atom. The smallest absolute Gasteiger partial charge is 0.326 e. The highest BCUT2D eigenvalue weighted by Gasteiger charge is 2.32. The fourth-order valence-electron chi connectivity index (χ4n) is 6.21. The molecule has 0 aromatic heterocycles. The molecule has 2 rings (SSSR count). The van der Waals surface area contributed by atoms with E-state index in [2.05, 4.69) is 20.9 Å². The lowest BCUT2D eigenvalue weighted by atomic mass is 9.91. The van der Waals surface area contributed by atoms with E-state index in [9.17, 15) is 29.1 Å². The third-order valence-electron chi connectivity index (χ3n) is 9.45. The van der Waals surface area contributed by atoms with Gasteiger partial charge in [-0.1, -0.05) is 89.9 Å². The van der Waals surface area contributed by atoms with E-state index in [1.807, 2.05) is 0 Å². The minimum atomic E-state index is -1.32. The van der Waals surface area contributed by atoms with Crippen molar-refractivity contribution < 1.29 is 48.0 Å². The zero-order valence-corrected chi connectivity index (χ0v) is 32.6. The number of hydrogen-bond acceptors (Lipinski definition) is 10. The molecule has 0 aromatic carbocycles. The summed E-state index contributed by atoms with van der Waals surface area (Å²) in [6.07, 6.45) is 22.2. The molecule has 0 bridgehead atoms. The maximum absolute atomic E-state index is 13.3. The van der Waals surface area contributed by atoms with Gasteiger partial charge in [-0.25, -0.2) is 9.79 Å². The molecule has 2 heterocycles. The first-order valence-electron chi connectivity index (χ1n) is 20.6. The molecule has 1 saturated heterocycles. The SMILES string of the molecule is O=C(COC1=NC=C1)NCCCOCCOCCOCCCNC(=O)C1C[C@@H](C(=O)O)NC(=O)CCCCCCCCCCCCCCCCCCC1=O. The molecule has 1 unspecified atom stereocenters. The second-order valence-electron chi connectivity index (χ2n) is 14.1. The highest BCUT2D eigenvalue weighted by atomic mass is 16.5. The molecule has 3 amide bonds. The first-order chi connectivity index (χ1) is 26.4. The Morgan fingerprint density at radius 2 is 1.15 bits per heavy atom. The van der Waals surface area contributed by atoms with Gasteiger partial charge in [0, 0.05) is 51.4 Å². The van der Waals surface area contributed by atoms with Crippen LogP contribution in [0.5, 0.6) is 0 Å². The normalized spacial score (nSPS) is 20.4. The predicted octanol–water partition coefficient (Wildman–Crippen LogP) is 5.17. The Hall–Kier alpha value is -3.36. The van der Waals surface area contributed by atoms with E-state index in [0.717, 1.165) is 38.5 Å². The molecule has 0 aromatic rings.